The molecule has 0 aliphatic rings. The van der Waals surface area contributed by atoms with Crippen LogP contribution in [0.4, 0.5) is 0 Å². The lowest BCUT2D eigenvalue weighted by molar-refractivity contribution is 0.596. The van der Waals surface area contributed by atoms with Crippen molar-refractivity contribution in [3.05, 3.63) is 63.1 Å². The van der Waals surface area contributed by atoms with E-state index in [-0.39, 0.29) is 10.8 Å². The highest BCUT2D eigenvalue weighted by atomic mass is 35.5. The molecule has 0 aliphatic heterocycles. The minimum Gasteiger partial charge on any atom is -0.225 e. The summed E-state index contributed by atoms with van der Waals surface area (Å²) in [7, 11) is -3.79. The fraction of sp³-hybridized carbons (Fsp3) is 0.200. The monoisotopic (exact) mass is 343 g/mol. The highest BCUT2D eigenvalue weighted by molar-refractivity contribution is 7.89. The normalized spacial score (nSPS) is 13.2. The summed E-state index contributed by atoms with van der Waals surface area (Å²) in [5, 5.41) is 6.32. The minimum absolute atomic E-state index is 0.122. The molecule has 1 unspecified atom stereocenters. The van der Waals surface area contributed by atoms with E-state index in [9.17, 15) is 8.42 Å². The molecule has 2 rings (SSSR count). The zero-order chi connectivity index (χ0) is 15.8. The molecule has 0 amide bonds. The van der Waals surface area contributed by atoms with Crippen molar-refractivity contribution in [1.82, 2.24) is 0 Å². The number of primary sulfonamides is 1. The van der Waals surface area contributed by atoms with Gasteiger partial charge in [-0.3, -0.25) is 0 Å². The molecule has 0 fully saturated rings. The number of halogens is 2. The molecule has 3 nitrogen and oxygen atoms in total. The Hall–Kier alpha value is -1.07. The van der Waals surface area contributed by atoms with Gasteiger partial charge in [0.1, 0.15) is 0 Å². The van der Waals surface area contributed by atoms with E-state index in [0.29, 0.717) is 15.6 Å². The predicted octanol–water partition coefficient (Wildman–Crippen LogP) is 4.10. The molecule has 0 saturated carbocycles. The lowest BCUT2D eigenvalue weighted by Crippen LogP contribution is -2.16. The lowest BCUT2D eigenvalue weighted by Gasteiger charge is -2.17. The van der Waals surface area contributed by atoms with Gasteiger partial charge in [-0.1, -0.05) is 47.8 Å². The first-order chi connectivity index (χ1) is 9.68. The number of hydrogen-bond acceptors (Lipinski definition) is 2. The average molecular weight is 344 g/mol. The molecule has 0 bridgehead atoms. The number of nitrogens with two attached hydrogens (primary N) is 1. The number of rotatable bonds is 3. The van der Waals surface area contributed by atoms with E-state index in [1.54, 1.807) is 24.3 Å². The Bertz CT molecular complexity index is 768. The maximum atomic E-state index is 11.8. The van der Waals surface area contributed by atoms with E-state index in [1.165, 1.54) is 6.07 Å². The van der Waals surface area contributed by atoms with Gasteiger partial charge in [-0.05, 0) is 42.3 Å². The zero-order valence-electron chi connectivity index (χ0n) is 11.6. The molecular weight excluding hydrogens is 329 g/mol. The Balaban J connectivity index is 2.62. The van der Waals surface area contributed by atoms with E-state index in [0.717, 1.165) is 11.1 Å². The zero-order valence-corrected chi connectivity index (χ0v) is 13.9. The van der Waals surface area contributed by atoms with E-state index in [2.05, 4.69) is 0 Å². The van der Waals surface area contributed by atoms with Gasteiger partial charge in [0.15, 0.2) is 0 Å². The van der Waals surface area contributed by atoms with Crippen LogP contribution in [0.25, 0.3) is 0 Å². The Labute approximate surface area is 134 Å². The molecule has 112 valence electrons. The average Bonchev–Trinajstić information content (AvgIpc) is 2.35. The SMILES string of the molecule is Cc1ccc(S(N)(=O)=O)c(C(C)c2cc(Cl)cc(Cl)c2)c1. The smallest absolute Gasteiger partial charge is 0.225 e. The number of sulfonamides is 1. The summed E-state index contributed by atoms with van der Waals surface area (Å²) in [6.07, 6.45) is 0. The predicted molar refractivity (Wildman–Crippen MR) is 86.5 cm³/mol. The fourth-order valence-electron chi connectivity index (χ4n) is 2.27. The third kappa shape index (κ3) is 3.77. The van der Waals surface area contributed by atoms with Crippen molar-refractivity contribution in [2.45, 2.75) is 24.7 Å². The first-order valence-corrected chi connectivity index (χ1v) is 8.58. The van der Waals surface area contributed by atoms with Crippen molar-refractivity contribution in [2.75, 3.05) is 0 Å². The van der Waals surface area contributed by atoms with Crippen LogP contribution in [0.1, 0.15) is 29.5 Å². The van der Waals surface area contributed by atoms with Crippen molar-refractivity contribution in [3.8, 4) is 0 Å². The summed E-state index contributed by atoms with van der Waals surface area (Å²) >= 11 is 12.0. The van der Waals surface area contributed by atoms with Gasteiger partial charge >= 0.3 is 0 Å². The maximum Gasteiger partial charge on any atom is 0.238 e. The van der Waals surface area contributed by atoms with Crippen molar-refractivity contribution < 1.29 is 8.42 Å². The second kappa shape index (κ2) is 5.97. The van der Waals surface area contributed by atoms with Crippen LogP contribution in [0.2, 0.25) is 10.0 Å². The molecule has 0 radical (unpaired) electrons. The molecule has 2 aromatic carbocycles. The molecule has 0 saturated heterocycles. The quantitative estimate of drug-likeness (QED) is 0.911. The van der Waals surface area contributed by atoms with E-state index >= 15 is 0 Å². The Morgan fingerprint density at radius 1 is 1.05 bits per heavy atom. The lowest BCUT2D eigenvalue weighted by atomic mass is 9.92. The van der Waals surface area contributed by atoms with Crippen LogP contribution < -0.4 is 5.14 Å². The van der Waals surface area contributed by atoms with Gasteiger partial charge in [0, 0.05) is 16.0 Å². The molecule has 21 heavy (non-hydrogen) atoms. The van der Waals surface area contributed by atoms with Crippen molar-refractivity contribution in [3.63, 3.8) is 0 Å². The topological polar surface area (TPSA) is 60.2 Å². The first-order valence-electron chi connectivity index (χ1n) is 6.28. The summed E-state index contributed by atoms with van der Waals surface area (Å²) in [6, 6.07) is 10.2. The molecule has 0 aliphatic carbocycles. The molecule has 2 aromatic rings. The van der Waals surface area contributed by atoms with Crippen LogP contribution in [0, 0.1) is 6.92 Å². The van der Waals surface area contributed by atoms with Crippen LogP contribution in [0.15, 0.2) is 41.3 Å². The second-order valence-corrected chi connectivity index (χ2v) is 7.41. The van der Waals surface area contributed by atoms with E-state index < -0.39 is 10.0 Å². The number of benzene rings is 2. The van der Waals surface area contributed by atoms with Gasteiger partial charge in [0.05, 0.1) is 4.90 Å². The molecule has 0 aromatic heterocycles. The van der Waals surface area contributed by atoms with E-state index in [1.807, 2.05) is 19.9 Å². The molecule has 6 heteroatoms. The van der Waals surface area contributed by atoms with Crippen molar-refractivity contribution >= 4 is 33.2 Å². The van der Waals surface area contributed by atoms with Gasteiger partial charge in [-0.2, -0.15) is 0 Å². The Kier molecular flexibility index (Phi) is 4.63. The third-order valence-electron chi connectivity index (χ3n) is 3.32. The molecule has 1 atom stereocenters. The van der Waals surface area contributed by atoms with Gasteiger partial charge in [-0.15, -0.1) is 0 Å². The van der Waals surface area contributed by atoms with Crippen LogP contribution >= 0.6 is 23.2 Å². The Morgan fingerprint density at radius 2 is 1.62 bits per heavy atom. The van der Waals surface area contributed by atoms with E-state index in [4.69, 9.17) is 28.3 Å². The summed E-state index contributed by atoms with van der Waals surface area (Å²) in [6.45, 7) is 3.79. The molecule has 0 spiro atoms. The standard InChI is InChI=1S/C15H15Cl2NO2S/c1-9-3-4-15(21(18,19)20)14(5-9)10(2)11-6-12(16)8-13(17)7-11/h3-8,10H,1-2H3,(H2,18,19,20). The van der Waals surface area contributed by atoms with Crippen molar-refractivity contribution in [1.29, 1.82) is 0 Å². The highest BCUT2D eigenvalue weighted by Gasteiger charge is 2.20. The third-order valence-corrected chi connectivity index (χ3v) is 4.74. The number of aryl methyl sites for hydroxylation is 1. The Morgan fingerprint density at radius 3 is 2.14 bits per heavy atom. The first kappa shape index (κ1) is 16.3. The summed E-state index contributed by atoms with van der Waals surface area (Å²) in [5.41, 5.74) is 2.43. The second-order valence-electron chi connectivity index (χ2n) is 5.01. The molecule has 0 heterocycles. The summed E-state index contributed by atoms with van der Waals surface area (Å²) in [5.74, 6) is -0.200. The van der Waals surface area contributed by atoms with Gasteiger partial charge in [0.2, 0.25) is 10.0 Å². The van der Waals surface area contributed by atoms with Crippen LogP contribution in [0.5, 0.6) is 0 Å². The molecular formula is C15H15Cl2NO2S. The van der Waals surface area contributed by atoms with Gasteiger partial charge in [0.25, 0.3) is 0 Å². The van der Waals surface area contributed by atoms with Gasteiger partial charge < -0.3 is 0 Å². The van der Waals surface area contributed by atoms with Gasteiger partial charge in [-0.25, -0.2) is 13.6 Å². The maximum absolute atomic E-state index is 11.8. The van der Waals surface area contributed by atoms with Crippen LogP contribution in [-0.4, -0.2) is 8.42 Å². The number of hydrogen-bond donors (Lipinski definition) is 1. The minimum atomic E-state index is -3.79. The largest absolute Gasteiger partial charge is 0.238 e. The van der Waals surface area contributed by atoms with Crippen molar-refractivity contribution in [2.24, 2.45) is 5.14 Å². The molecule has 2 N–H and O–H groups in total. The highest BCUT2D eigenvalue weighted by Crippen LogP contribution is 2.32. The van der Waals surface area contributed by atoms with Crippen LogP contribution in [0.3, 0.4) is 0 Å². The summed E-state index contributed by atoms with van der Waals surface area (Å²) < 4.78 is 23.5. The van der Waals surface area contributed by atoms with Crippen LogP contribution in [-0.2, 0) is 10.0 Å². The summed E-state index contributed by atoms with van der Waals surface area (Å²) in [4.78, 5) is 0.122. The fourth-order valence-corrected chi connectivity index (χ4v) is 3.63.